The van der Waals surface area contributed by atoms with Crippen LogP contribution in [0.5, 0.6) is 0 Å². The molecule has 2 atom stereocenters. The van der Waals surface area contributed by atoms with Crippen molar-refractivity contribution in [3.8, 4) is 0 Å². The molecule has 1 heterocycles. The minimum absolute atomic E-state index is 0.531. The van der Waals surface area contributed by atoms with Crippen molar-refractivity contribution in [3.63, 3.8) is 0 Å². The normalized spacial score (nSPS) is 15.0. The summed E-state index contributed by atoms with van der Waals surface area (Å²) < 4.78 is 0. The molecule has 0 radical (unpaired) electrons. The van der Waals surface area contributed by atoms with Gasteiger partial charge in [-0.2, -0.15) is 0 Å². The third-order valence-corrected chi connectivity index (χ3v) is 2.97. The molecule has 4 N–H and O–H groups in total. The largest absolute Gasteiger partial charge is 0.390 e. The van der Waals surface area contributed by atoms with Gasteiger partial charge in [0.25, 0.3) is 0 Å². The molecule has 0 fully saturated rings. The number of aliphatic hydroxyl groups excluding tert-OH is 2. The number of aliphatic hydroxyl groups is 2. The molecule has 1 aromatic heterocycles. The van der Waals surface area contributed by atoms with Crippen molar-refractivity contribution < 1.29 is 10.2 Å². The Morgan fingerprint density at radius 2 is 2.12 bits per heavy atom. The summed E-state index contributed by atoms with van der Waals surface area (Å²) in [4.78, 5) is 3.10. The molecular weight excluding hydrogens is 216 g/mol. The summed E-state index contributed by atoms with van der Waals surface area (Å²) >= 11 is 0. The van der Waals surface area contributed by atoms with E-state index in [1.54, 1.807) is 0 Å². The highest BCUT2D eigenvalue weighted by Crippen LogP contribution is 2.22. The fraction of sp³-hybridized carbons (Fsp3) is 0.385. The predicted molar refractivity (Wildman–Crippen MR) is 67.8 cm³/mol. The second-order valence-electron chi connectivity index (χ2n) is 4.23. The molecule has 0 saturated carbocycles. The van der Waals surface area contributed by atoms with Crippen LogP contribution in [0.4, 0.5) is 0 Å². The summed E-state index contributed by atoms with van der Waals surface area (Å²) in [5, 5.41) is 23.8. The maximum atomic E-state index is 10.0. The van der Waals surface area contributed by atoms with Gasteiger partial charge in [-0.05, 0) is 49.2 Å². The Morgan fingerprint density at radius 3 is 2.88 bits per heavy atom. The maximum absolute atomic E-state index is 10.0. The highest BCUT2D eigenvalue weighted by atomic mass is 16.3. The average molecular weight is 234 g/mol. The Morgan fingerprint density at radius 1 is 1.29 bits per heavy atom. The van der Waals surface area contributed by atoms with E-state index >= 15 is 0 Å². The van der Waals surface area contributed by atoms with E-state index in [1.165, 1.54) is 0 Å². The number of fused-ring (bicyclic) bond motifs is 1. The van der Waals surface area contributed by atoms with Crippen LogP contribution in [0.25, 0.3) is 10.9 Å². The third kappa shape index (κ3) is 2.66. The fourth-order valence-electron chi connectivity index (χ4n) is 1.93. The SMILES string of the molecule is CNCCC(O)C(O)c1ccc2[nH]ccc2c1. The minimum Gasteiger partial charge on any atom is -0.390 e. The lowest BCUT2D eigenvalue weighted by Gasteiger charge is -2.18. The number of hydrogen-bond acceptors (Lipinski definition) is 3. The van der Waals surface area contributed by atoms with Crippen LogP contribution in [0.2, 0.25) is 0 Å². The molecule has 0 aliphatic heterocycles. The third-order valence-electron chi connectivity index (χ3n) is 2.97. The average Bonchev–Trinajstić information content (AvgIpc) is 2.81. The highest BCUT2D eigenvalue weighted by molar-refractivity contribution is 5.80. The molecular formula is C13H18N2O2. The summed E-state index contributed by atoms with van der Waals surface area (Å²) in [6.45, 7) is 0.685. The molecule has 0 spiro atoms. The second-order valence-corrected chi connectivity index (χ2v) is 4.23. The van der Waals surface area contributed by atoms with Crippen LogP contribution in [0.15, 0.2) is 30.5 Å². The number of aromatic amines is 1. The first-order chi connectivity index (χ1) is 8.22. The van der Waals surface area contributed by atoms with Crippen molar-refractivity contribution in [1.29, 1.82) is 0 Å². The standard InChI is InChI=1S/C13H18N2O2/c1-14-6-5-12(16)13(17)10-2-3-11-9(8-10)4-7-15-11/h2-4,7-8,12-17H,5-6H2,1H3. The van der Waals surface area contributed by atoms with Crippen molar-refractivity contribution in [2.45, 2.75) is 18.6 Å². The van der Waals surface area contributed by atoms with Crippen LogP contribution >= 0.6 is 0 Å². The molecule has 1 aromatic carbocycles. The van der Waals surface area contributed by atoms with Crippen LogP contribution in [0.1, 0.15) is 18.1 Å². The number of aromatic nitrogens is 1. The van der Waals surface area contributed by atoms with Crippen molar-refractivity contribution in [3.05, 3.63) is 36.0 Å². The van der Waals surface area contributed by atoms with Crippen molar-refractivity contribution in [2.24, 2.45) is 0 Å². The van der Waals surface area contributed by atoms with Crippen molar-refractivity contribution in [2.75, 3.05) is 13.6 Å². The summed E-state index contributed by atoms with van der Waals surface area (Å²) in [5.74, 6) is 0. The molecule has 0 amide bonds. The summed E-state index contributed by atoms with van der Waals surface area (Å²) in [7, 11) is 1.82. The molecule has 2 aromatic rings. The summed E-state index contributed by atoms with van der Waals surface area (Å²) in [6.07, 6.45) is 0.822. The van der Waals surface area contributed by atoms with Gasteiger partial charge in [0.2, 0.25) is 0 Å². The van der Waals surface area contributed by atoms with Gasteiger partial charge in [-0.15, -0.1) is 0 Å². The van der Waals surface area contributed by atoms with E-state index in [1.807, 2.05) is 37.5 Å². The van der Waals surface area contributed by atoms with Gasteiger partial charge in [0.1, 0.15) is 6.10 Å². The van der Waals surface area contributed by atoms with E-state index in [2.05, 4.69) is 10.3 Å². The molecule has 4 nitrogen and oxygen atoms in total. The first-order valence-corrected chi connectivity index (χ1v) is 5.80. The lowest BCUT2D eigenvalue weighted by molar-refractivity contribution is 0.0141. The molecule has 0 aliphatic carbocycles. The number of benzene rings is 1. The van der Waals surface area contributed by atoms with Crippen LogP contribution in [-0.4, -0.2) is 34.9 Å². The smallest absolute Gasteiger partial charge is 0.105 e. The molecule has 4 heteroatoms. The highest BCUT2D eigenvalue weighted by Gasteiger charge is 2.17. The lowest BCUT2D eigenvalue weighted by atomic mass is 10.0. The number of H-pyrrole nitrogens is 1. The molecule has 0 aliphatic rings. The van der Waals surface area contributed by atoms with E-state index in [-0.39, 0.29) is 0 Å². The molecule has 2 rings (SSSR count). The molecule has 0 saturated heterocycles. The van der Waals surface area contributed by atoms with Crippen LogP contribution in [-0.2, 0) is 0 Å². The number of rotatable bonds is 5. The van der Waals surface area contributed by atoms with Gasteiger partial charge < -0.3 is 20.5 Å². The number of hydrogen-bond donors (Lipinski definition) is 4. The van der Waals surface area contributed by atoms with Crippen LogP contribution < -0.4 is 5.32 Å². The van der Waals surface area contributed by atoms with E-state index in [0.717, 1.165) is 16.5 Å². The Hall–Kier alpha value is -1.36. The second kappa shape index (κ2) is 5.31. The lowest BCUT2D eigenvalue weighted by Crippen LogP contribution is -2.23. The molecule has 92 valence electrons. The van der Waals surface area contributed by atoms with Gasteiger partial charge in [-0.25, -0.2) is 0 Å². The topological polar surface area (TPSA) is 68.3 Å². The first-order valence-electron chi connectivity index (χ1n) is 5.80. The maximum Gasteiger partial charge on any atom is 0.105 e. The summed E-state index contributed by atoms with van der Waals surface area (Å²) in [5.41, 5.74) is 1.78. The van der Waals surface area contributed by atoms with E-state index in [4.69, 9.17) is 0 Å². The predicted octanol–water partition coefficient (Wildman–Crippen LogP) is 1.17. The van der Waals surface area contributed by atoms with Gasteiger partial charge in [-0.3, -0.25) is 0 Å². The van der Waals surface area contributed by atoms with Crippen molar-refractivity contribution in [1.82, 2.24) is 10.3 Å². The molecule has 17 heavy (non-hydrogen) atoms. The van der Waals surface area contributed by atoms with Gasteiger partial charge in [0.05, 0.1) is 6.10 Å². The van der Waals surface area contributed by atoms with E-state index in [9.17, 15) is 10.2 Å². The fourth-order valence-corrected chi connectivity index (χ4v) is 1.93. The number of nitrogens with one attached hydrogen (secondary N) is 2. The first kappa shape index (κ1) is 12.1. The van der Waals surface area contributed by atoms with Crippen LogP contribution in [0.3, 0.4) is 0 Å². The van der Waals surface area contributed by atoms with E-state index in [0.29, 0.717) is 13.0 Å². The van der Waals surface area contributed by atoms with Gasteiger partial charge in [0.15, 0.2) is 0 Å². The Labute approximate surface area is 100 Å². The van der Waals surface area contributed by atoms with E-state index < -0.39 is 12.2 Å². The Bertz CT molecular complexity index is 481. The van der Waals surface area contributed by atoms with Crippen molar-refractivity contribution >= 4 is 10.9 Å². The van der Waals surface area contributed by atoms with Gasteiger partial charge in [0, 0.05) is 11.7 Å². The zero-order chi connectivity index (χ0) is 12.3. The van der Waals surface area contributed by atoms with Gasteiger partial charge in [-0.1, -0.05) is 6.07 Å². The Balaban J connectivity index is 2.14. The summed E-state index contributed by atoms with van der Waals surface area (Å²) in [6, 6.07) is 7.61. The molecule has 2 unspecified atom stereocenters. The zero-order valence-corrected chi connectivity index (χ0v) is 9.85. The Kier molecular flexibility index (Phi) is 3.78. The van der Waals surface area contributed by atoms with Crippen LogP contribution in [0, 0.1) is 0 Å². The molecule has 0 bridgehead atoms. The monoisotopic (exact) mass is 234 g/mol. The van der Waals surface area contributed by atoms with Gasteiger partial charge >= 0.3 is 0 Å². The zero-order valence-electron chi connectivity index (χ0n) is 9.85. The minimum atomic E-state index is -0.831. The quantitative estimate of drug-likeness (QED) is 0.628.